The first-order valence-corrected chi connectivity index (χ1v) is 4.85. The number of rotatable bonds is 3. The van der Waals surface area contributed by atoms with Gasteiger partial charge in [0.25, 0.3) is 0 Å². The van der Waals surface area contributed by atoms with Crippen molar-refractivity contribution in [3.63, 3.8) is 0 Å². The van der Waals surface area contributed by atoms with Crippen molar-refractivity contribution in [2.24, 2.45) is 5.41 Å². The highest BCUT2D eigenvalue weighted by Crippen LogP contribution is 2.45. The second-order valence-electron chi connectivity index (χ2n) is 4.00. The molecule has 0 N–H and O–H groups in total. The predicted molar refractivity (Wildman–Crippen MR) is 54.0 cm³/mol. The molecular formula is C12H13NO. The molecule has 1 aliphatic carbocycles. The molecule has 2 rings (SSSR count). The van der Waals surface area contributed by atoms with E-state index in [1.807, 2.05) is 31.2 Å². The maximum Gasteiger partial charge on any atom is 0.119 e. The SMILES string of the molecule is Cc1cccc(OCC2(C#N)CC2)c1. The van der Waals surface area contributed by atoms with Gasteiger partial charge < -0.3 is 4.74 Å². The molecule has 0 atom stereocenters. The average Bonchev–Trinajstić information content (AvgIpc) is 2.96. The maximum atomic E-state index is 8.86. The topological polar surface area (TPSA) is 33.0 Å². The van der Waals surface area contributed by atoms with Crippen molar-refractivity contribution in [3.8, 4) is 11.8 Å². The number of benzene rings is 1. The Balaban J connectivity index is 1.96. The molecule has 1 saturated carbocycles. The predicted octanol–water partition coefficient (Wildman–Crippen LogP) is 2.68. The Morgan fingerprint density at radius 1 is 1.50 bits per heavy atom. The first kappa shape index (κ1) is 9.08. The van der Waals surface area contributed by atoms with Crippen molar-refractivity contribution in [2.45, 2.75) is 19.8 Å². The summed E-state index contributed by atoms with van der Waals surface area (Å²) in [5, 5.41) is 8.86. The van der Waals surface area contributed by atoms with E-state index in [0.29, 0.717) is 6.61 Å². The molecule has 14 heavy (non-hydrogen) atoms. The third-order valence-electron chi connectivity index (χ3n) is 2.60. The molecule has 0 aromatic heterocycles. The molecule has 0 spiro atoms. The van der Waals surface area contributed by atoms with Gasteiger partial charge in [-0.25, -0.2) is 0 Å². The molecule has 72 valence electrons. The maximum absolute atomic E-state index is 8.86. The zero-order valence-electron chi connectivity index (χ0n) is 8.29. The molecule has 0 unspecified atom stereocenters. The van der Waals surface area contributed by atoms with Crippen LogP contribution in [0.5, 0.6) is 5.75 Å². The van der Waals surface area contributed by atoms with Crippen LogP contribution in [0.1, 0.15) is 18.4 Å². The van der Waals surface area contributed by atoms with Crippen LogP contribution in [0, 0.1) is 23.7 Å². The smallest absolute Gasteiger partial charge is 0.119 e. The number of ether oxygens (including phenoxy) is 1. The molecule has 1 fully saturated rings. The highest BCUT2D eigenvalue weighted by molar-refractivity contribution is 5.27. The largest absolute Gasteiger partial charge is 0.492 e. The summed E-state index contributed by atoms with van der Waals surface area (Å²) in [5.41, 5.74) is 1.01. The summed E-state index contributed by atoms with van der Waals surface area (Å²) < 4.78 is 5.58. The van der Waals surface area contributed by atoms with Crippen molar-refractivity contribution < 1.29 is 4.74 Å². The van der Waals surface area contributed by atoms with E-state index in [0.717, 1.165) is 18.6 Å². The van der Waals surface area contributed by atoms with E-state index in [4.69, 9.17) is 10.00 Å². The Kier molecular flexibility index (Phi) is 2.17. The lowest BCUT2D eigenvalue weighted by molar-refractivity contribution is 0.268. The highest BCUT2D eigenvalue weighted by Gasteiger charge is 2.44. The van der Waals surface area contributed by atoms with Crippen LogP contribution in [0.15, 0.2) is 24.3 Å². The van der Waals surface area contributed by atoms with Gasteiger partial charge in [0.1, 0.15) is 12.4 Å². The van der Waals surface area contributed by atoms with Crippen LogP contribution in [0.25, 0.3) is 0 Å². The fraction of sp³-hybridized carbons (Fsp3) is 0.417. The summed E-state index contributed by atoms with van der Waals surface area (Å²) in [6.07, 6.45) is 1.96. The fourth-order valence-electron chi connectivity index (χ4n) is 1.37. The van der Waals surface area contributed by atoms with Gasteiger partial charge in [0.05, 0.1) is 11.5 Å². The molecular weight excluding hydrogens is 174 g/mol. The monoisotopic (exact) mass is 187 g/mol. The Morgan fingerprint density at radius 2 is 2.29 bits per heavy atom. The lowest BCUT2D eigenvalue weighted by Crippen LogP contribution is -2.10. The van der Waals surface area contributed by atoms with Crippen LogP contribution in [0.2, 0.25) is 0 Å². The van der Waals surface area contributed by atoms with Crippen LogP contribution >= 0.6 is 0 Å². The first-order valence-electron chi connectivity index (χ1n) is 4.85. The van der Waals surface area contributed by atoms with E-state index < -0.39 is 0 Å². The molecule has 0 bridgehead atoms. The van der Waals surface area contributed by atoms with E-state index >= 15 is 0 Å². The third-order valence-corrected chi connectivity index (χ3v) is 2.60. The Hall–Kier alpha value is -1.49. The van der Waals surface area contributed by atoms with E-state index in [-0.39, 0.29) is 5.41 Å². The minimum absolute atomic E-state index is 0.177. The van der Waals surface area contributed by atoms with E-state index in [9.17, 15) is 0 Å². The molecule has 0 radical (unpaired) electrons. The number of hydrogen-bond donors (Lipinski definition) is 0. The molecule has 2 heteroatoms. The highest BCUT2D eigenvalue weighted by atomic mass is 16.5. The molecule has 0 saturated heterocycles. The van der Waals surface area contributed by atoms with Gasteiger partial charge in [-0.3, -0.25) is 0 Å². The third kappa shape index (κ3) is 1.88. The summed E-state index contributed by atoms with van der Waals surface area (Å²) >= 11 is 0. The van der Waals surface area contributed by atoms with Crippen LogP contribution < -0.4 is 4.74 Å². The van der Waals surface area contributed by atoms with E-state index in [1.165, 1.54) is 5.56 Å². The van der Waals surface area contributed by atoms with Gasteiger partial charge in [0.2, 0.25) is 0 Å². The normalized spacial score (nSPS) is 17.1. The van der Waals surface area contributed by atoms with Gasteiger partial charge >= 0.3 is 0 Å². The van der Waals surface area contributed by atoms with Crippen molar-refractivity contribution in [3.05, 3.63) is 29.8 Å². The van der Waals surface area contributed by atoms with Gasteiger partial charge in [0.15, 0.2) is 0 Å². The van der Waals surface area contributed by atoms with Crippen LogP contribution in [0.4, 0.5) is 0 Å². The van der Waals surface area contributed by atoms with Gasteiger partial charge in [-0.15, -0.1) is 0 Å². The molecule has 0 heterocycles. The number of hydrogen-bond acceptors (Lipinski definition) is 2. The zero-order valence-corrected chi connectivity index (χ0v) is 8.29. The summed E-state index contributed by atoms with van der Waals surface area (Å²) in [6.45, 7) is 2.57. The van der Waals surface area contributed by atoms with Gasteiger partial charge in [-0.1, -0.05) is 12.1 Å². The van der Waals surface area contributed by atoms with Gasteiger partial charge in [-0.2, -0.15) is 5.26 Å². The zero-order chi connectivity index (χ0) is 10.0. The van der Waals surface area contributed by atoms with Crippen LogP contribution in [-0.4, -0.2) is 6.61 Å². The van der Waals surface area contributed by atoms with Crippen LogP contribution in [0.3, 0.4) is 0 Å². The summed E-state index contributed by atoms with van der Waals surface area (Å²) in [7, 11) is 0. The van der Waals surface area contributed by atoms with Crippen molar-refractivity contribution in [2.75, 3.05) is 6.61 Å². The first-order chi connectivity index (χ1) is 6.74. The number of aryl methyl sites for hydroxylation is 1. The molecule has 0 aliphatic heterocycles. The standard InChI is InChI=1S/C12H13NO/c1-10-3-2-4-11(7-10)14-9-12(8-13)5-6-12/h2-4,7H,5-6,9H2,1H3. The second-order valence-corrected chi connectivity index (χ2v) is 4.00. The van der Waals surface area contributed by atoms with Crippen molar-refractivity contribution in [1.82, 2.24) is 0 Å². The minimum atomic E-state index is -0.177. The molecule has 1 aliphatic rings. The Bertz CT molecular complexity index is 374. The molecule has 1 aromatic rings. The second kappa shape index (κ2) is 3.34. The molecule has 2 nitrogen and oxygen atoms in total. The molecule has 0 amide bonds. The van der Waals surface area contributed by atoms with Gasteiger partial charge in [0, 0.05) is 0 Å². The minimum Gasteiger partial charge on any atom is -0.492 e. The number of nitriles is 1. The van der Waals surface area contributed by atoms with Gasteiger partial charge in [-0.05, 0) is 37.5 Å². The fourth-order valence-corrected chi connectivity index (χ4v) is 1.37. The van der Waals surface area contributed by atoms with Crippen molar-refractivity contribution >= 4 is 0 Å². The molecule has 1 aromatic carbocycles. The average molecular weight is 187 g/mol. The Morgan fingerprint density at radius 3 is 2.86 bits per heavy atom. The summed E-state index contributed by atoms with van der Waals surface area (Å²) in [6, 6.07) is 10.2. The summed E-state index contributed by atoms with van der Waals surface area (Å²) in [5.74, 6) is 0.867. The number of nitrogens with zero attached hydrogens (tertiary/aromatic N) is 1. The van der Waals surface area contributed by atoms with E-state index in [1.54, 1.807) is 0 Å². The lowest BCUT2D eigenvalue weighted by atomic mass is 10.1. The summed E-state index contributed by atoms with van der Waals surface area (Å²) in [4.78, 5) is 0. The van der Waals surface area contributed by atoms with Crippen LogP contribution in [-0.2, 0) is 0 Å². The quantitative estimate of drug-likeness (QED) is 0.728. The Labute approximate surface area is 84.1 Å². The van der Waals surface area contributed by atoms with E-state index in [2.05, 4.69) is 6.07 Å². The van der Waals surface area contributed by atoms with Crippen molar-refractivity contribution in [1.29, 1.82) is 5.26 Å². The lowest BCUT2D eigenvalue weighted by Gasteiger charge is -2.09.